The maximum Gasteiger partial charge on any atom is 0.238 e. The van der Waals surface area contributed by atoms with Crippen LogP contribution in [0, 0.1) is 20.8 Å². The Morgan fingerprint density at radius 2 is 1.74 bits per heavy atom. The van der Waals surface area contributed by atoms with Crippen LogP contribution in [0.4, 0.5) is 5.69 Å². The fourth-order valence-electron chi connectivity index (χ4n) is 3.12. The van der Waals surface area contributed by atoms with Crippen LogP contribution in [0.25, 0.3) is 0 Å². The van der Waals surface area contributed by atoms with E-state index in [9.17, 15) is 9.59 Å². The Bertz CT molecular complexity index is 805. The van der Waals surface area contributed by atoms with Crippen molar-refractivity contribution >= 4 is 17.5 Å². The quantitative estimate of drug-likeness (QED) is 0.807. The molecule has 0 aliphatic heterocycles. The number of amides is 2. The molecule has 0 aliphatic rings. The Balaban J connectivity index is 1.86. The van der Waals surface area contributed by atoms with E-state index in [-0.39, 0.29) is 24.9 Å². The van der Waals surface area contributed by atoms with Gasteiger partial charge in [-0.1, -0.05) is 17.7 Å². The van der Waals surface area contributed by atoms with Crippen LogP contribution in [0.3, 0.4) is 0 Å². The first kappa shape index (κ1) is 20.6. The standard InChI is InChI=1S/C20H29N5O2/c1-14-7-15(2)20(16(3)8-14)22-18(26)12-23(4)13-19(27)24(5)10-17-9-21-25(6)11-17/h7-9,11H,10,12-13H2,1-6H3,(H,22,26). The lowest BCUT2D eigenvalue weighted by atomic mass is 10.1. The SMILES string of the molecule is Cc1cc(C)c(NC(=O)CN(C)CC(=O)N(C)Cc2cnn(C)c2)c(C)c1. The molecule has 27 heavy (non-hydrogen) atoms. The highest BCUT2D eigenvalue weighted by molar-refractivity contribution is 5.94. The van der Waals surface area contributed by atoms with Crippen molar-refractivity contribution in [1.29, 1.82) is 0 Å². The second kappa shape index (κ2) is 8.81. The van der Waals surface area contributed by atoms with Gasteiger partial charge in [-0.15, -0.1) is 0 Å². The Labute approximate surface area is 161 Å². The predicted octanol–water partition coefficient (Wildman–Crippen LogP) is 1.87. The van der Waals surface area contributed by atoms with Gasteiger partial charge in [-0.2, -0.15) is 5.10 Å². The molecule has 1 heterocycles. The maximum atomic E-state index is 12.4. The minimum Gasteiger partial charge on any atom is -0.340 e. The average molecular weight is 371 g/mol. The summed E-state index contributed by atoms with van der Waals surface area (Å²) in [6, 6.07) is 4.09. The maximum absolute atomic E-state index is 12.4. The van der Waals surface area contributed by atoms with Crippen LogP contribution >= 0.6 is 0 Å². The molecule has 1 N–H and O–H groups in total. The van der Waals surface area contributed by atoms with Gasteiger partial charge in [0.15, 0.2) is 0 Å². The molecule has 2 rings (SSSR count). The van der Waals surface area contributed by atoms with Gasteiger partial charge in [0.1, 0.15) is 0 Å². The topological polar surface area (TPSA) is 70.5 Å². The molecule has 0 radical (unpaired) electrons. The summed E-state index contributed by atoms with van der Waals surface area (Å²) in [6.07, 6.45) is 3.63. The fraction of sp³-hybridized carbons (Fsp3) is 0.450. The lowest BCUT2D eigenvalue weighted by molar-refractivity contribution is -0.131. The third kappa shape index (κ3) is 5.92. The van der Waals surface area contributed by atoms with Crippen LogP contribution in [0.1, 0.15) is 22.3 Å². The normalized spacial score (nSPS) is 10.9. The van der Waals surface area contributed by atoms with Gasteiger partial charge in [-0.25, -0.2) is 0 Å². The molecule has 0 spiro atoms. The van der Waals surface area contributed by atoms with E-state index in [1.54, 1.807) is 34.8 Å². The fourth-order valence-corrected chi connectivity index (χ4v) is 3.12. The van der Waals surface area contributed by atoms with Gasteiger partial charge in [0.25, 0.3) is 0 Å². The first-order chi connectivity index (χ1) is 12.7. The van der Waals surface area contributed by atoms with Gasteiger partial charge < -0.3 is 10.2 Å². The summed E-state index contributed by atoms with van der Waals surface area (Å²) in [5.74, 6) is -0.174. The van der Waals surface area contributed by atoms with Crippen molar-refractivity contribution in [3.05, 3.63) is 46.8 Å². The van der Waals surface area contributed by atoms with Crippen LogP contribution in [-0.2, 0) is 23.2 Å². The van der Waals surface area contributed by atoms with E-state index in [2.05, 4.69) is 10.4 Å². The minimum atomic E-state index is -0.129. The van der Waals surface area contributed by atoms with Gasteiger partial charge in [-0.3, -0.25) is 19.2 Å². The molecule has 0 atom stereocenters. The molecule has 2 aromatic rings. The van der Waals surface area contributed by atoms with E-state index in [1.807, 2.05) is 46.1 Å². The van der Waals surface area contributed by atoms with Crippen molar-refractivity contribution in [2.75, 3.05) is 32.5 Å². The second-order valence-electron chi connectivity index (χ2n) is 7.27. The molecule has 7 nitrogen and oxygen atoms in total. The van der Waals surface area contributed by atoms with Crippen molar-refractivity contribution in [2.45, 2.75) is 27.3 Å². The molecule has 0 bridgehead atoms. The van der Waals surface area contributed by atoms with E-state index in [0.717, 1.165) is 22.4 Å². The number of rotatable bonds is 7. The van der Waals surface area contributed by atoms with Crippen LogP contribution in [0.2, 0.25) is 0 Å². The number of benzene rings is 1. The number of carbonyl (C=O) groups is 2. The van der Waals surface area contributed by atoms with Crippen molar-refractivity contribution in [1.82, 2.24) is 19.6 Å². The first-order valence-corrected chi connectivity index (χ1v) is 8.93. The summed E-state index contributed by atoms with van der Waals surface area (Å²) in [5.41, 5.74) is 5.06. The van der Waals surface area contributed by atoms with Crippen LogP contribution in [0.15, 0.2) is 24.5 Å². The zero-order valence-corrected chi connectivity index (χ0v) is 17.0. The second-order valence-corrected chi connectivity index (χ2v) is 7.27. The van der Waals surface area contributed by atoms with Gasteiger partial charge in [0, 0.05) is 38.1 Å². The molecule has 146 valence electrons. The smallest absolute Gasteiger partial charge is 0.238 e. The summed E-state index contributed by atoms with van der Waals surface area (Å²) >= 11 is 0. The third-order valence-corrected chi connectivity index (χ3v) is 4.36. The Hall–Kier alpha value is -2.67. The van der Waals surface area contributed by atoms with Gasteiger partial charge >= 0.3 is 0 Å². The third-order valence-electron chi connectivity index (χ3n) is 4.36. The largest absolute Gasteiger partial charge is 0.340 e. The number of carbonyl (C=O) groups excluding carboxylic acids is 2. The lowest BCUT2D eigenvalue weighted by Crippen LogP contribution is -2.39. The van der Waals surface area contributed by atoms with Crippen molar-refractivity contribution in [3.8, 4) is 0 Å². The molecule has 0 aliphatic carbocycles. The number of nitrogens with one attached hydrogen (secondary N) is 1. The number of anilines is 1. The van der Waals surface area contributed by atoms with Gasteiger partial charge in [0.05, 0.1) is 19.3 Å². The zero-order chi connectivity index (χ0) is 20.1. The van der Waals surface area contributed by atoms with Crippen LogP contribution in [0.5, 0.6) is 0 Å². The molecule has 0 saturated carbocycles. The summed E-state index contributed by atoms with van der Waals surface area (Å²) in [6.45, 7) is 6.82. The molecule has 1 aromatic heterocycles. The summed E-state index contributed by atoms with van der Waals surface area (Å²) in [5, 5.41) is 7.07. The van der Waals surface area contributed by atoms with Gasteiger partial charge in [-0.05, 0) is 38.9 Å². The molecular formula is C20H29N5O2. The predicted molar refractivity (Wildman–Crippen MR) is 106 cm³/mol. The number of likely N-dealkylation sites (N-methyl/N-ethyl adjacent to an activating group) is 2. The average Bonchev–Trinajstić information content (AvgIpc) is 2.95. The summed E-state index contributed by atoms with van der Waals surface area (Å²) in [7, 11) is 5.36. The van der Waals surface area contributed by atoms with E-state index < -0.39 is 0 Å². The highest BCUT2D eigenvalue weighted by atomic mass is 16.2. The number of nitrogens with zero attached hydrogens (tertiary/aromatic N) is 4. The lowest BCUT2D eigenvalue weighted by Gasteiger charge is -2.21. The van der Waals surface area contributed by atoms with Crippen molar-refractivity contribution in [3.63, 3.8) is 0 Å². The van der Waals surface area contributed by atoms with Crippen LogP contribution in [-0.4, -0.2) is 58.6 Å². The minimum absolute atomic E-state index is 0.0446. The van der Waals surface area contributed by atoms with Crippen molar-refractivity contribution in [2.24, 2.45) is 7.05 Å². The van der Waals surface area contributed by atoms with E-state index in [4.69, 9.17) is 0 Å². The molecule has 0 fully saturated rings. The first-order valence-electron chi connectivity index (χ1n) is 8.93. The van der Waals surface area contributed by atoms with E-state index in [1.165, 1.54) is 5.56 Å². The highest BCUT2D eigenvalue weighted by Crippen LogP contribution is 2.21. The van der Waals surface area contributed by atoms with E-state index >= 15 is 0 Å². The van der Waals surface area contributed by atoms with Crippen molar-refractivity contribution < 1.29 is 9.59 Å². The number of aromatic nitrogens is 2. The molecular weight excluding hydrogens is 342 g/mol. The molecule has 0 saturated heterocycles. The van der Waals surface area contributed by atoms with E-state index in [0.29, 0.717) is 6.54 Å². The Morgan fingerprint density at radius 1 is 1.11 bits per heavy atom. The zero-order valence-electron chi connectivity index (χ0n) is 17.0. The Kier molecular flexibility index (Phi) is 6.74. The number of hydrogen-bond acceptors (Lipinski definition) is 4. The monoisotopic (exact) mass is 371 g/mol. The summed E-state index contributed by atoms with van der Waals surface area (Å²) in [4.78, 5) is 28.1. The van der Waals surface area contributed by atoms with Crippen LogP contribution < -0.4 is 5.32 Å². The number of hydrogen-bond donors (Lipinski definition) is 1. The molecule has 0 unspecified atom stereocenters. The summed E-state index contributed by atoms with van der Waals surface area (Å²) < 4.78 is 1.71. The molecule has 2 amide bonds. The molecule has 7 heteroatoms. The Morgan fingerprint density at radius 3 is 2.30 bits per heavy atom. The highest BCUT2D eigenvalue weighted by Gasteiger charge is 2.16. The molecule has 1 aromatic carbocycles. The van der Waals surface area contributed by atoms with Gasteiger partial charge in [0.2, 0.25) is 11.8 Å². The number of aryl methyl sites for hydroxylation is 4.